The van der Waals surface area contributed by atoms with Crippen molar-refractivity contribution in [3.8, 4) is 29.3 Å². The molecule has 4 aromatic rings. The maximum atomic E-state index is 14.7. The number of aromatic nitrogens is 8. The molecule has 0 radical (unpaired) electrons. The molecule has 190 valence electrons. The third kappa shape index (κ3) is 5.38. The third-order valence-corrected chi connectivity index (χ3v) is 6.01. The van der Waals surface area contributed by atoms with Crippen LogP contribution in [0.3, 0.4) is 0 Å². The predicted molar refractivity (Wildman–Crippen MR) is 130 cm³/mol. The zero-order valence-corrected chi connectivity index (χ0v) is 20.6. The summed E-state index contributed by atoms with van der Waals surface area (Å²) in [6.07, 6.45) is 3.09. The lowest BCUT2D eigenvalue weighted by Gasteiger charge is -2.12. The molecule has 3 heterocycles. The number of benzene rings is 1. The van der Waals surface area contributed by atoms with E-state index in [1.807, 2.05) is 26.0 Å². The summed E-state index contributed by atoms with van der Waals surface area (Å²) in [5.74, 6) is -2.71. The zero-order valence-electron chi connectivity index (χ0n) is 20.6. The van der Waals surface area contributed by atoms with Gasteiger partial charge in [0.25, 0.3) is 0 Å². The van der Waals surface area contributed by atoms with Crippen molar-refractivity contribution in [2.24, 2.45) is 0 Å². The number of aromatic amines is 1. The SMILES string of the molecule is CCCCc1nc(C(F)(F)CCCC)nn1Cc1ccc(-n2c(C#N)cc(C#N)c2-c2nnn[nH]2)cc1. The predicted octanol–water partition coefficient (Wildman–Crippen LogP) is 4.67. The first kappa shape index (κ1) is 25.6. The Labute approximate surface area is 212 Å². The van der Waals surface area contributed by atoms with Crippen molar-refractivity contribution in [2.45, 2.75) is 64.8 Å². The van der Waals surface area contributed by atoms with Crippen molar-refractivity contribution >= 4 is 0 Å². The van der Waals surface area contributed by atoms with E-state index in [2.05, 4.69) is 42.8 Å². The molecule has 0 bridgehead atoms. The highest BCUT2D eigenvalue weighted by Gasteiger charge is 2.36. The van der Waals surface area contributed by atoms with Gasteiger partial charge in [0.15, 0.2) is 5.82 Å². The summed E-state index contributed by atoms with van der Waals surface area (Å²) in [7, 11) is 0. The molecular formula is C25H26F2N10. The molecule has 0 saturated heterocycles. The summed E-state index contributed by atoms with van der Waals surface area (Å²) in [5, 5.41) is 37.1. The average molecular weight is 505 g/mol. The fraction of sp³-hybridized carbons (Fsp3) is 0.400. The lowest BCUT2D eigenvalue weighted by atomic mass is 10.1. The van der Waals surface area contributed by atoms with Gasteiger partial charge in [-0.15, -0.1) is 10.2 Å². The minimum atomic E-state index is -3.07. The Balaban J connectivity index is 1.66. The van der Waals surface area contributed by atoms with E-state index < -0.39 is 11.7 Å². The molecule has 0 amide bonds. The number of H-pyrrole nitrogens is 1. The standard InChI is InChI=1S/C25H26F2N10/c1-3-5-7-21-30-24(25(26,27)12-6-4-2)33-36(21)16-17-8-10-19(11-9-17)37-20(15-29)13-18(14-28)22(37)23-31-34-35-32-23/h8-11,13H,3-7,12,16H2,1-2H3,(H,31,32,34,35). The van der Waals surface area contributed by atoms with Gasteiger partial charge in [0.05, 0.1) is 12.1 Å². The molecule has 10 nitrogen and oxygen atoms in total. The lowest BCUT2D eigenvalue weighted by molar-refractivity contribution is -0.0245. The van der Waals surface area contributed by atoms with Crippen LogP contribution in [-0.4, -0.2) is 40.0 Å². The number of unbranched alkanes of at least 4 members (excludes halogenated alkanes) is 2. The van der Waals surface area contributed by atoms with Gasteiger partial charge in [-0.2, -0.15) is 19.3 Å². The molecule has 0 fully saturated rings. The lowest BCUT2D eigenvalue weighted by Crippen LogP contribution is -2.16. The molecule has 4 rings (SSSR count). The van der Waals surface area contributed by atoms with Crippen molar-refractivity contribution in [3.63, 3.8) is 0 Å². The van der Waals surface area contributed by atoms with Crippen molar-refractivity contribution in [3.05, 3.63) is 58.8 Å². The second-order valence-electron chi connectivity index (χ2n) is 8.69. The van der Waals surface area contributed by atoms with Gasteiger partial charge >= 0.3 is 5.92 Å². The number of halogens is 2. The molecule has 3 aromatic heterocycles. The normalized spacial score (nSPS) is 11.4. The Kier molecular flexibility index (Phi) is 7.68. The van der Waals surface area contributed by atoms with Gasteiger partial charge in [-0.05, 0) is 47.0 Å². The van der Waals surface area contributed by atoms with Gasteiger partial charge in [0.2, 0.25) is 5.82 Å². The number of aryl methyl sites for hydroxylation is 1. The number of alkyl halides is 2. The molecule has 0 unspecified atom stereocenters. The third-order valence-electron chi connectivity index (χ3n) is 6.01. The second kappa shape index (κ2) is 11.1. The van der Waals surface area contributed by atoms with Gasteiger partial charge in [-0.3, -0.25) is 4.57 Å². The van der Waals surface area contributed by atoms with E-state index in [-0.39, 0.29) is 30.0 Å². The molecular weight excluding hydrogens is 478 g/mol. The molecule has 0 aliphatic heterocycles. The second-order valence-corrected chi connectivity index (χ2v) is 8.69. The van der Waals surface area contributed by atoms with Crippen LogP contribution in [-0.2, 0) is 18.9 Å². The molecule has 0 spiro atoms. The summed E-state index contributed by atoms with van der Waals surface area (Å²) < 4.78 is 32.5. The zero-order chi connectivity index (χ0) is 26.4. The molecule has 0 saturated carbocycles. The summed E-state index contributed by atoms with van der Waals surface area (Å²) in [4.78, 5) is 4.22. The number of hydrogen-bond donors (Lipinski definition) is 1. The van der Waals surface area contributed by atoms with Gasteiger partial charge < -0.3 is 0 Å². The Hall–Kier alpha value is -4.45. The fourth-order valence-electron chi connectivity index (χ4n) is 4.05. The smallest absolute Gasteiger partial charge is 0.297 e. The van der Waals surface area contributed by atoms with Gasteiger partial charge in [0, 0.05) is 18.5 Å². The molecule has 0 aliphatic rings. The van der Waals surface area contributed by atoms with Crippen molar-refractivity contribution in [2.75, 3.05) is 0 Å². The van der Waals surface area contributed by atoms with Crippen LogP contribution in [0.1, 0.15) is 74.4 Å². The van der Waals surface area contributed by atoms with E-state index in [1.54, 1.807) is 21.4 Å². The van der Waals surface area contributed by atoms with Crippen molar-refractivity contribution in [1.29, 1.82) is 10.5 Å². The average Bonchev–Trinajstić information content (AvgIpc) is 3.65. The fourth-order valence-corrected chi connectivity index (χ4v) is 4.05. The van der Waals surface area contributed by atoms with Crippen LogP contribution in [0.5, 0.6) is 0 Å². The van der Waals surface area contributed by atoms with Crippen LogP contribution in [0.4, 0.5) is 8.78 Å². The van der Waals surface area contributed by atoms with Crippen LogP contribution < -0.4 is 0 Å². The maximum absolute atomic E-state index is 14.7. The monoisotopic (exact) mass is 504 g/mol. The quantitative estimate of drug-likeness (QED) is 0.313. The van der Waals surface area contributed by atoms with Gasteiger partial charge in [0.1, 0.15) is 29.4 Å². The number of nitrogens with zero attached hydrogens (tertiary/aromatic N) is 9. The Morgan fingerprint density at radius 2 is 1.81 bits per heavy atom. The number of hydrogen-bond acceptors (Lipinski definition) is 7. The van der Waals surface area contributed by atoms with Crippen molar-refractivity contribution in [1.82, 2.24) is 40.0 Å². The molecule has 0 aliphatic carbocycles. The Bertz CT molecular complexity index is 1420. The first-order chi connectivity index (χ1) is 17.9. The number of tetrazole rings is 1. The number of rotatable bonds is 11. The van der Waals surface area contributed by atoms with E-state index in [9.17, 15) is 19.3 Å². The van der Waals surface area contributed by atoms with Crippen LogP contribution >= 0.6 is 0 Å². The maximum Gasteiger partial charge on any atom is 0.308 e. The molecule has 1 aromatic carbocycles. The summed E-state index contributed by atoms with van der Waals surface area (Å²) >= 11 is 0. The minimum absolute atomic E-state index is 0.243. The highest BCUT2D eigenvalue weighted by atomic mass is 19.3. The Morgan fingerprint density at radius 1 is 1.05 bits per heavy atom. The molecule has 37 heavy (non-hydrogen) atoms. The van der Waals surface area contributed by atoms with Gasteiger partial charge in [-0.25, -0.2) is 14.8 Å². The number of nitriles is 2. The van der Waals surface area contributed by atoms with Crippen LogP contribution in [0.15, 0.2) is 30.3 Å². The molecule has 1 N–H and O–H groups in total. The molecule has 12 heteroatoms. The van der Waals surface area contributed by atoms with Crippen LogP contribution in [0.25, 0.3) is 17.2 Å². The van der Waals surface area contributed by atoms with Crippen LogP contribution in [0, 0.1) is 22.7 Å². The Morgan fingerprint density at radius 3 is 2.43 bits per heavy atom. The van der Waals surface area contributed by atoms with E-state index in [1.165, 1.54) is 6.07 Å². The van der Waals surface area contributed by atoms with Crippen LogP contribution in [0.2, 0.25) is 0 Å². The summed E-state index contributed by atoms with van der Waals surface area (Å²) in [6.45, 7) is 4.18. The number of nitrogens with one attached hydrogen (secondary N) is 1. The summed E-state index contributed by atoms with van der Waals surface area (Å²) in [6, 6.07) is 12.9. The van der Waals surface area contributed by atoms with E-state index in [4.69, 9.17) is 0 Å². The minimum Gasteiger partial charge on any atom is -0.297 e. The summed E-state index contributed by atoms with van der Waals surface area (Å²) in [5.41, 5.74) is 2.30. The van der Waals surface area contributed by atoms with Gasteiger partial charge in [-0.1, -0.05) is 38.8 Å². The van der Waals surface area contributed by atoms with E-state index in [0.29, 0.717) is 36.5 Å². The highest BCUT2D eigenvalue weighted by Crippen LogP contribution is 2.32. The molecule has 0 atom stereocenters. The largest absolute Gasteiger partial charge is 0.308 e. The topological polar surface area (TPSA) is 138 Å². The van der Waals surface area contributed by atoms with E-state index >= 15 is 0 Å². The van der Waals surface area contributed by atoms with Crippen molar-refractivity contribution < 1.29 is 8.78 Å². The first-order valence-corrected chi connectivity index (χ1v) is 12.1. The van der Waals surface area contributed by atoms with E-state index in [0.717, 1.165) is 18.4 Å². The first-order valence-electron chi connectivity index (χ1n) is 12.1. The highest BCUT2D eigenvalue weighted by molar-refractivity contribution is 5.67.